The highest BCUT2D eigenvalue weighted by atomic mass is 16.5. The number of phenolic OH excluding ortho intramolecular Hbond substituents is 1. The zero-order valence-electron chi connectivity index (χ0n) is 19.2. The van der Waals surface area contributed by atoms with Crippen molar-refractivity contribution in [2.75, 3.05) is 26.7 Å². The first kappa shape index (κ1) is 24.2. The molecule has 0 spiro atoms. The van der Waals surface area contributed by atoms with Crippen LogP contribution in [-0.2, 0) is 29.2 Å². The molecule has 0 unspecified atom stereocenters. The maximum atomic E-state index is 12.9. The minimum absolute atomic E-state index is 0.0237. The van der Waals surface area contributed by atoms with Crippen LogP contribution in [0.15, 0.2) is 30.5 Å². The molecule has 0 fully saturated rings. The van der Waals surface area contributed by atoms with Gasteiger partial charge in [0, 0.05) is 44.1 Å². The molecule has 0 radical (unpaired) electrons. The molecule has 3 rings (SSSR count). The number of aromatic nitrogens is 3. The van der Waals surface area contributed by atoms with Crippen LogP contribution in [0, 0.1) is 5.92 Å². The molecule has 1 aliphatic heterocycles. The summed E-state index contributed by atoms with van der Waals surface area (Å²) in [6.07, 6.45) is 2.74. The number of likely N-dealkylation sites (N-methyl/N-ethyl adjacent to an activating group) is 1. The molecule has 2 aromatic rings. The lowest BCUT2D eigenvalue weighted by molar-refractivity contribution is -0.136. The van der Waals surface area contributed by atoms with Crippen LogP contribution in [0.3, 0.4) is 0 Å². The second-order valence-electron chi connectivity index (χ2n) is 8.81. The third-order valence-electron chi connectivity index (χ3n) is 5.97. The van der Waals surface area contributed by atoms with Gasteiger partial charge in [-0.25, -0.2) is 0 Å². The zero-order valence-corrected chi connectivity index (χ0v) is 19.2. The molecule has 9 nitrogen and oxygen atoms in total. The Morgan fingerprint density at radius 3 is 2.88 bits per heavy atom. The van der Waals surface area contributed by atoms with E-state index in [0.717, 1.165) is 11.3 Å². The summed E-state index contributed by atoms with van der Waals surface area (Å²) in [5.41, 5.74) is 1.61. The Balaban J connectivity index is 1.77. The number of aryl methyl sites for hydroxylation is 1. The maximum Gasteiger partial charge on any atom is 0.222 e. The minimum atomic E-state index is -0.257. The fourth-order valence-corrected chi connectivity index (χ4v) is 4.00. The third-order valence-corrected chi connectivity index (χ3v) is 5.97. The van der Waals surface area contributed by atoms with E-state index in [-0.39, 0.29) is 36.3 Å². The Morgan fingerprint density at radius 2 is 2.12 bits per heavy atom. The topological polar surface area (TPSA) is 104 Å². The molecular formula is C23H35N5O4. The molecule has 1 aromatic heterocycles. The summed E-state index contributed by atoms with van der Waals surface area (Å²) in [5.74, 6) is 0.322. The van der Waals surface area contributed by atoms with Crippen molar-refractivity contribution in [2.24, 2.45) is 5.92 Å². The average molecular weight is 446 g/mol. The number of aliphatic hydroxyl groups is 1. The lowest BCUT2D eigenvalue weighted by Gasteiger charge is -2.35. The van der Waals surface area contributed by atoms with Gasteiger partial charge in [-0.2, -0.15) is 0 Å². The Kier molecular flexibility index (Phi) is 8.60. The highest BCUT2D eigenvalue weighted by molar-refractivity contribution is 5.76. The number of fused-ring (bicyclic) bond motifs is 2. The Labute approximate surface area is 189 Å². The van der Waals surface area contributed by atoms with Crippen LogP contribution >= 0.6 is 0 Å². The van der Waals surface area contributed by atoms with Crippen molar-refractivity contribution in [1.29, 1.82) is 0 Å². The second kappa shape index (κ2) is 11.4. The molecule has 2 bridgehead atoms. The van der Waals surface area contributed by atoms with Crippen LogP contribution in [0.25, 0.3) is 0 Å². The lowest BCUT2D eigenvalue weighted by Crippen LogP contribution is -2.47. The van der Waals surface area contributed by atoms with E-state index >= 15 is 0 Å². The van der Waals surface area contributed by atoms with E-state index in [4.69, 9.17) is 4.74 Å². The summed E-state index contributed by atoms with van der Waals surface area (Å²) in [6.45, 7) is 6.49. The predicted octanol–water partition coefficient (Wildman–Crippen LogP) is 1.64. The summed E-state index contributed by atoms with van der Waals surface area (Å²) in [6, 6.07) is 7.05. The molecule has 32 heavy (non-hydrogen) atoms. The van der Waals surface area contributed by atoms with Gasteiger partial charge in [0.2, 0.25) is 5.91 Å². The summed E-state index contributed by atoms with van der Waals surface area (Å²) in [7, 11) is 1.99. The third kappa shape index (κ3) is 6.51. The van der Waals surface area contributed by atoms with Crippen molar-refractivity contribution >= 4 is 5.91 Å². The molecule has 2 N–H and O–H groups in total. The molecule has 1 aliphatic rings. The van der Waals surface area contributed by atoms with Gasteiger partial charge < -0.3 is 19.8 Å². The van der Waals surface area contributed by atoms with Crippen LogP contribution in [0.2, 0.25) is 0 Å². The highest BCUT2D eigenvalue weighted by Gasteiger charge is 2.28. The zero-order chi connectivity index (χ0) is 23.1. The van der Waals surface area contributed by atoms with E-state index in [9.17, 15) is 15.0 Å². The molecular weight excluding hydrogens is 410 g/mol. The van der Waals surface area contributed by atoms with E-state index in [1.807, 2.05) is 32.3 Å². The first-order valence-corrected chi connectivity index (χ1v) is 11.2. The predicted molar refractivity (Wildman–Crippen MR) is 120 cm³/mol. The van der Waals surface area contributed by atoms with Crippen molar-refractivity contribution in [3.63, 3.8) is 0 Å². The molecule has 9 heteroatoms. The maximum absolute atomic E-state index is 12.9. The number of para-hydroxylation sites is 1. The van der Waals surface area contributed by atoms with Gasteiger partial charge in [0.25, 0.3) is 0 Å². The normalized spacial score (nSPS) is 21.7. The first-order chi connectivity index (χ1) is 15.4. The molecule has 0 saturated heterocycles. The highest BCUT2D eigenvalue weighted by Crippen LogP contribution is 2.20. The van der Waals surface area contributed by atoms with Crippen LogP contribution < -0.4 is 0 Å². The lowest BCUT2D eigenvalue weighted by atomic mass is 10.0. The number of aromatic hydroxyl groups is 1. The molecule has 0 aliphatic carbocycles. The van der Waals surface area contributed by atoms with Crippen LogP contribution in [0.1, 0.15) is 37.9 Å². The number of benzene rings is 1. The number of rotatable bonds is 6. The van der Waals surface area contributed by atoms with E-state index in [1.165, 1.54) is 0 Å². The van der Waals surface area contributed by atoms with E-state index in [2.05, 4.69) is 22.1 Å². The average Bonchev–Trinajstić information content (AvgIpc) is 3.23. The largest absolute Gasteiger partial charge is 0.508 e. The standard InChI is InChI=1S/C23H35N5O4/c1-17-11-28(18(2)15-29)23(31)9-6-10-27-13-20(24-25-27)16-32-22(17)14-26(3)12-19-7-4-5-8-21(19)30/h4-5,7-8,13,17-18,22,29-30H,6,9-12,14-16H2,1-3H3/t17-,18+,22-/m0/s1. The molecule has 3 atom stereocenters. The summed E-state index contributed by atoms with van der Waals surface area (Å²) in [5, 5.41) is 28.2. The molecule has 176 valence electrons. The number of nitrogens with zero attached hydrogens (tertiary/aromatic N) is 5. The number of aliphatic hydroxyl groups excluding tert-OH is 1. The number of hydrogen-bond donors (Lipinski definition) is 2. The van der Waals surface area contributed by atoms with Gasteiger partial charge in [-0.15, -0.1) is 5.10 Å². The SMILES string of the molecule is C[C@H](CO)N1C[C@H](C)[C@H](CN(C)Cc2ccccc2O)OCc2cn(nn2)CCCC1=O. The number of phenols is 1. The van der Waals surface area contributed by atoms with Crippen molar-refractivity contribution in [3.05, 3.63) is 41.7 Å². The minimum Gasteiger partial charge on any atom is -0.508 e. The van der Waals surface area contributed by atoms with E-state index in [0.29, 0.717) is 45.6 Å². The van der Waals surface area contributed by atoms with E-state index in [1.54, 1.807) is 21.7 Å². The van der Waals surface area contributed by atoms with Gasteiger partial charge in [0.05, 0.1) is 31.6 Å². The number of carbonyl (C=O) groups is 1. The first-order valence-electron chi connectivity index (χ1n) is 11.2. The Morgan fingerprint density at radius 1 is 1.34 bits per heavy atom. The number of carbonyl (C=O) groups excluding carboxylic acids is 1. The Bertz CT molecular complexity index is 874. The van der Waals surface area contributed by atoms with Crippen LogP contribution in [0.4, 0.5) is 0 Å². The fourth-order valence-electron chi connectivity index (χ4n) is 4.00. The van der Waals surface area contributed by atoms with Gasteiger partial charge in [-0.1, -0.05) is 30.3 Å². The number of amides is 1. The van der Waals surface area contributed by atoms with Crippen LogP contribution in [-0.4, -0.2) is 79.8 Å². The van der Waals surface area contributed by atoms with Crippen molar-refractivity contribution in [2.45, 2.75) is 58.5 Å². The summed E-state index contributed by atoms with van der Waals surface area (Å²) in [4.78, 5) is 16.8. The van der Waals surface area contributed by atoms with Gasteiger partial charge in [-0.05, 0) is 26.5 Å². The molecule has 1 aromatic carbocycles. The molecule has 1 amide bonds. The van der Waals surface area contributed by atoms with Gasteiger partial charge in [-0.3, -0.25) is 14.4 Å². The Hall–Kier alpha value is -2.49. The smallest absolute Gasteiger partial charge is 0.222 e. The second-order valence-corrected chi connectivity index (χ2v) is 8.81. The fraction of sp³-hybridized carbons (Fsp3) is 0.609. The van der Waals surface area contributed by atoms with E-state index < -0.39 is 0 Å². The van der Waals surface area contributed by atoms with Crippen molar-refractivity contribution < 1.29 is 19.7 Å². The monoisotopic (exact) mass is 445 g/mol. The van der Waals surface area contributed by atoms with Crippen molar-refractivity contribution in [3.8, 4) is 5.75 Å². The summed E-state index contributed by atoms with van der Waals surface area (Å²) >= 11 is 0. The van der Waals surface area contributed by atoms with Gasteiger partial charge in [0.1, 0.15) is 11.4 Å². The number of hydrogen-bond acceptors (Lipinski definition) is 7. The van der Waals surface area contributed by atoms with Crippen LogP contribution in [0.5, 0.6) is 5.75 Å². The summed E-state index contributed by atoms with van der Waals surface area (Å²) < 4.78 is 8.02. The van der Waals surface area contributed by atoms with Gasteiger partial charge in [0.15, 0.2) is 0 Å². The van der Waals surface area contributed by atoms with Crippen molar-refractivity contribution in [1.82, 2.24) is 24.8 Å². The molecule has 2 heterocycles. The molecule has 0 saturated carbocycles. The van der Waals surface area contributed by atoms with Gasteiger partial charge >= 0.3 is 0 Å². The number of ether oxygens (including phenoxy) is 1. The quantitative estimate of drug-likeness (QED) is 0.697.